The van der Waals surface area contributed by atoms with E-state index in [-0.39, 0.29) is 0 Å². The number of hydrogen-bond acceptors (Lipinski definition) is 1. The van der Waals surface area contributed by atoms with Crippen molar-refractivity contribution in [2.75, 3.05) is 0 Å². The van der Waals surface area contributed by atoms with Gasteiger partial charge >= 0.3 is 0 Å². The average Bonchev–Trinajstić information content (AvgIpc) is 2.69. The summed E-state index contributed by atoms with van der Waals surface area (Å²) in [5.74, 6) is 3.06. The Morgan fingerprint density at radius 2 is 1.67 bits per heavy atom. The predicted octanol–water partition coefficient (Wildman–Crippen LogP) is 2.95. The highest BCUT2D eigenvalue weighted by atomic mass is 15.0. The van der Waals surface area contributed by atoms with Crippen LogP contribution in [0, 0.1) is 17.8 Å². The molecule has 4 bridgehead atoms. The zero-order valence-corrected chi connectivity index (χ0v) is 11.4. The first-order valence-electron chi connectivity index (χ1n) is 7.55. The Balaban J connectivity index is 1.76. The minimum atomic E-state index is 0.511. The molecule has 0 radical (unpaired) electrons. The van der Waals surface area contributed by atoms with Gasteiger partial charge in [-0.05, 0) is 68.4 Å². The lowest BCUT2D eigenvalue weighted by Gasteiger charge is -2.57. The van der Waals surface area contributed by atoms with E-state index in [0.29, 0.717) is 12.0 Å². The normalized spacial score (nSPS) is 41.6. The summed E-state index contributed by atoms with van der Waals surface area (Å²) >= 11 is 0. The van der Waals surface area contributed by atoms with Crippen molar-refractivity contribution in [3.05, 3.63) is 23.5 Å². The summed E-state index contributed by atoms with van der Waals surface area (Å²) in [5, 5.41) is 0. The highest BCUT2D eigenvalue weighted by Gasteiger charge is 2.52. The summed E-state index contributed by atoms with van der Waals surface area (Å²) in [6.07, 6.45) is 8.90. The van der Waals surface area contributed by atoms with Gasteiger partial charge in [0.1, 0.15) is 0 Å². The maximum Gasteiger partial charge on any atom is 0.0334 e. The van der Waals surface area contributed by atoms with Crippen LogP contribution in [0.5, 0.6) is 0 Å². The third-order valence-electron chi connectivity index (χ3n) is 6.02. The van der Waals surface area contributed by atoms with Crippen LogP contribution in [0.3, 0.4) is 0 Å². The van der Waals surface area contributed by atoms with Crippen LogP contribution in [0.25, 0.3) is 0 Å². The van der Waals surface area contributed by atoms with Gasteiger partial charge in [0.2, 0.25) is 0 Å². The van der Waals surface area contributed by atoms with Crippen LogP contribution >= 0.6 is 0 Å². The van der Waals surface area contributed by atoms with Crippen molar-refractivity contribution in [3.8, 4) is 0 Å². The third-order valence-corrected chi connectivity index (χ3v) is 6.02. The minimum absolute atomic E-state index is 0.511. The van der Waals surface area contributed by atoms with E-state index >= 15 is 0 Å². The lowest BCUT2D eigenvalue weighted by molar-refractivity contribution is -0.00850. The Labute approximate surface area is 110 Å². The molecular formula is C16H24N2. The van der Waals surface area contributed by atoms with Crippen molar-refractivity contribution in [1.82, 2.24) is 4.57 Å². The molecule has 0 unspecified atom stereocenters. The van der Waals surface area contributed by atoms with Gasteiger partial charge in [-0.25, -0.2) is 0 Å². The van der Waals surface area contributed by atoms with Gasteiger partial charge < -0.3 is 10.3 Å². The fourth-order valence-corrected chi connectivity index (χ4v) is 5.72. The molecule has 4 aliphatic rings. The minimum Gasteiger partial charge on any atom is -0.350 e. The summed E-state index contributed by atoms with van der Waals surface area (Å²) in [6, 6.07) is 4.61. The van der Waals surface area contributed by atoms with Gasteiger partial charge in [0, 0.05) is 30.4 Å². The maximum absolute atomic E-state index is 5.83. The summed E-state index contributed by atoms with van der Waals surface area (Å²) in [5.41, 5.74) is 9.22. The fraction of sp³-hybridized carbons (Fsp3) is 0.750. The molecule has 0 aromatic carbocycles. The molecule has 5 rings (SSSR count). The zero-order chi connectivity index (χ0) is 12.3. The number of rotatable bonds is 2. The summed E-state index contributed by atoms with van der Waals surface area (Å²) in [6.45, 7) is 0.670. The molecule has 2 N–H and O–H groups in total. The van der Waals surface area contributed by atoms with E-state index in [1.807, 2.05) is 0 Å². The quantitative estimate of drug-likeness (QED) is 0.852. The Morgan fingerprint density at radius 1 is 1.11 bits per heavy atom. The Morgan fingerprint density at radius 3 is 2.11 bits per heavy atom. The summed E-state index contributed by atoms with van der Waals surface area (Å²) in [7, 11) is 2.22. The van der Waals surface area contributed by atoms with Gasteiger partial charge in [-0.15, -0.1) is 0 Å². The van der Waals surface area contributed by atoms with Gasteiger partial charge in [0.05, 0.1) is 0 Å². The molecule has 0 aliphatic heterocycles. The van der Waals surface area contributed by atoms with E-state index in [1.165, 1.54) is 44.2 Å². The number of aromatic nitrogens is 1. The van der Waals surface area contributed by atoms with Gasteiger partial charge in [-0.3, -0.25) is 0 Å². The van der Waals surface area contributed by atoms with Crippen LogP contribution in [0.2, 0.25) is 0 Å². The van der Waals surface area contributed by atoms with Crippen LogP contribution in [-0.2, 0) is 19.0 Å². The molecule has 1 aromatic rings. The van der Waals surface area contributed by atoms with Gasteiger partial charge in [-0.1, -0.05) is 0 Å². The summed E-state index contributed by atoms with van der Waals surface area (Å²) < 4.78 is 2.40. The number of hydrogen-bond donors (Lipinski definition) is 1. The average molecular weight is 244 g/mol. The Hall–Kier alpha value is -0.760. The monoisotopic (exact) mass is 244 g/mol. The van der Waals surface area contributed by atoms with Crippen molar-refractivity contribution in [3.63, 3.8) is 0 Å². The van der Waals surface area contributed by atoms with Crippen molar-refractivity contribution in [1.29, 1.82) is 0 Å². The number of nitrogens with zero attached hydrogens (tertiary/aromatic N) is 1. The molecule has 0 amide bonds. The summed E-state index contributed by atoms with van der Waals surface area (Å²) in [4.78, 5) is 0. The predicted molar refractivity (Wildman–Crippen MR) is 73.2 cm³/mol. The van der Waals surface area contributed by atoms with Crippen LogP contribution in [-0.4, -0.2) is 4.57 Å². The molecule has 0 spiro atoms. The van der Waals surface area contributed by atoms with E-state index in [1.54, 1.807) is 5.69 Å². The van der Waals surface area contributed by atoms with E-state index in [0.717, 1.165) is 17.8 Å². The molecule has 4 saturated carbocycles. The standard InChI is InChI=1S/C16H24N2/c1-18-14(10-17)2-3-15(18)16-7-11-4-12(8-16)6-13(5-11)9-16/h2-3,11-13H,4-10,17H2,1H3. The topological polar surface area (TPSA) is 30.9 Å². The molecule has 2 nitrogen and oxygen atoms in total. The van der Waals surface area contributed by atoms with Crippen LogP contribution in [0.15, 0.2) is 12.1 Å². The van der Waals surface area contributed by atoms with Crippen LogP contribution < -0.4 is 5.73 Å². The maximum atomic E-state index is 5.83. The first kappa shape index (κ1) is 11.1. The Bertz CT molecular complexity index is 436. The van der Waals surface area contributed by atoms with Gasteiger partial charge in [0.15, 0.2) is 0 Å². The van der Waals surface area contributed by atoms with E-state index in [4.69, 9.17) is 5.73 Å². The van der Waals surface area contributed by atoms with Gasteiger partial charge in [-0.2, -0.15) is 0 Å². The van der Waals surface area contributed by atoms with Crippen molar-refractivity contribution < 1.29 is 0 Å². The second kappa shape index (κ2) is 3.63. The third kappa shape index (κ3) is 1.38. The van der Waals surface area contributed by atoms with Crippen LogP contribution in [0.4, 0.5) is 0 Å². The molecule has 18 heavy (non-hydrogen) atoms. The van der Waals surface area contributed by atoms with E-state index in [9.17, 15) is 0 Å². The molecule has 98 valence electrons. The molecule has 1 aromatic heterocycles. The molecule has 0 saturated heterocycles. The van der Waals surface area contributed by atoms with Crippen molar-refractivity contribution in [2.45, 2.75) is 50.5 Å². The first-order chi connectivity index (χ1) is 8.70. The SMILES string of the molecule is Cn1c(CN)ccc1C12CC3CC(CC(C3)C1)C2. The molecule has 2 heteroatoms. The van der Waals surface area contributed by atoms with Crippen molar-refractivity contribution >= 4 is 0 Å². The molecule has 4 fully saturated rings. The number of nitrogens with two attached hydrogens (primary N) is 1. The fourth-order valence-electron chi connectivity index (χ4n) is 5.72. The second-order valence-corrected chi connectivity index (χ2v) is 7.17. The van der Waals surface area contributed by atoms with Gasteiger partial charge in [0.25, 0.3) is 0 Å². The first-order valence-corrected chi connectivity index (χ1v) is 7.55. The van der Waals surface area contributed by atoms with E-state index < -0.39 is 0 Å². The Kier molecular flexibility index (Phi) is 2.24. The highest BCUT2D eigenvalue weighted by molar-refractivity contribution is 5.28. The molecule has 0 atom stereocenters. The molecular weight excluding hydrogens is 220 g/mol. The lowest BCUT2D eigenvalue weighted by atomic mass is 9.49. The molecule has 4 aliphatic carbocycles. The zero-order valence-electron chi connectivity index (χ0n) is 11.4. The van der Waals surface area contributed by atoms with E-state index in [2.05, 4.69) is 23.7 Å². The largest absolute Gasteiger partial charge is 0.350 e. The smallest absolute Gasteiger partial charge is 0.0334 e. The van der Waals surface area contributed by atoms with Crippen LogP contribution in [0.1, 0.15) is 49.9 Å². The lowest BCUT2D eigenvalue weighted by Crippen LogP contribution is -2.49. The second-order valence-electron chi connectivity index (χ2n) is 7.17. The van der Waals surface area contributed by atoms with Crippen molar-refractivity contribution in [2.24, 2.45) is 30.5 Å². The highest BCUT2D eigenvalue weighted by Crippen LogP contribution is 2.60. The molecule has 1 heterocycles.